The van der Waals surface area contributed by atoms with E-state index in [1.165, 1.54) is 232 Å². The standard InChI is InChI=1S/2C23H46O2/c1-3-4-5-6-7-8-9-10-11-12-13-14-15-16-17-18-19-20-21-22-23(24)25-2;1-3-4-5-6-7-8-9-10-11-12-13-14-15-16-17-18-19-20-21-22(2)23(24)25/h3-22H2,1-2H3;22H,3-21H2,1-2H3,(H,24,25). The SMILES string of the molecule is CCCCCCCCCCCCCCCCCCCCC(C)C(=O)O.CCCCCCCCCCCCCCCCCCCCCC(=O)OC. The van der Waals surface area contributed by atoms with Crippen LogP contribution < -0.4 is 0 Å². The molecule has 0 amide bonds. The third kappa shape index (κ3) is 46.9. The molecule has 0 bridgehead atoms. The number of carbonyl (C=O) groups excluding carboxylic acids is 1. The zero-order valence-electron chi connectivity index (χ0n) is 34.8. The van der Waals surface area contributed by atoms with Gasteiger partial charge >= 0.3 is 11.9 Å². The van der Waals surface area contributed by atoms with Crippen LogP contribution in [0.2, 0.25) is 0 Å². The molecule has 300 valence electrons. The largest absolute Gasteiger partial charge is 0.481 e. The quantitative estimate of drug-likeness (QED) is 0.0508. The van der Waals surface area contributed by atoms with Gasteiger partial charge in [-0.05, 0) is 12.8 Å². The van der Waals surface area contributed by atoms with Gasteiger partial charge in [0, 0.05) is 6.42 Å². The lowest BCUT2D eigenvalue weighted by Crippen LogP contribution is -2.08. The molecular weight excluding hydrogens is 617 g/mol. The zero-order chi connectivity index (χ0) is 37.0. The van der Waals surface area contributed by atoms with Crippen LogP contribution in [-0.2, 0) is 14.3 Å². The Morgan fingerprint density at radius 1 is 0.400 bits per heavy atom. The van der Waals surface area contributed by atoms with Gasteiger partial charge in [0.15, 0.2) is 0 Å². The lowest BCUT2D eigenvalue weighted by molar-refractivity contribution is -0.142. The van der Waals surface area contributed by atoms with E-state index in [2.05, 4.69) is 18.6 Å². The van der Waals surface area contributed by atoms with Crippen LogP contribution in [-0.4, -0.2) is 24.2 Å². The van der Waals surface area contributed by atoms with Crippen LogP contribution in [0.3, 0.4) is 0 Å². The van der Waals surface area contributed by atoms with Crippen molar-refractivity contribution in [3.63, 3.8) is 0 Å². The Labute approximate surface area is 314 Å². The van der Waals surface area contributed by atoms with E-state index in [9.17, 15) is 9.59 Å². The van der Waals surface area contributed by atoms with Gasteiger partial charge in [-0.25, -0.2) is 0 Å². The first-order chi connectivity index (χ1) is 24.5. The summed E-state index contributed by atoms with van der Waals surface area (Å²) in [6.45, 7) is 6.39. The summed E-state index contributed by atoms with van der Waals surface area (Å²) in [6.07, 6.45) is 52.5. The number of hydrogen-bond acceptors (Lipinski definition) is 3. The number of unbranched alkanes of at least 4 members (excludes halogenated alkanes) is 35. The number of carboxylic acid groups (broad SMARTS) is 1. The maximum absolute atomic E-state index is 11.0. The molecule has 0 heterocycles. The highest BCUT2D eigenvalue weighted by Crippen LogP contribution is 2.17. The molecule has 0 aliphatic heterocycles. The van der Waals surface area contributed by atoms with E-state index in [4.69, 9.17) is 5.11 Å². The number of carboxylic acids is 1. The first-order valence-corrected chi connectivity index (χ1v) is 22.8. The molecule has 1 N–H and O–H groups in total. The smallest absolute Gasteiger partial charge is 0.306 e. The number of ether oxygens (including phenoxy) is 1. The predicted octanol–water partition coefficient (Wildman–Crippen LogP) is 16.1. The molecule has 50 heavy (non-hydrogen) atoms. The summed E-state index contributed by atoms with van der Waals surface area (Å²) >= 11 is 0. The number of aliphatic carboxylic acids is 1. The molecule has 0 radical (unpaired) electrons. The zero-order valence-corrected chi connectivity index (χ0v) is 34.8. The summed E-state index contributed by atoms with van der Waals surface area (Å²) < 4.78 is 4.65. The van der Waals surface area contributed by atoms with Gasteiger partial charge in [0.25, 0.3) is 0 Å². The number of methoxy groups -OCH3 is 1. The third-order valence-corrected chi connectivity index (χ3v) is 10.6. The van der Waals surface area contributed by atoms with Crippen LogP contribution in [0.5, 0.6) is 0 Å². The van der Waals surface area contributed by atoms with Crippen molar-refractivity contribution < 1.29 is 19.4 Å². The highest BCUT2D eigenvalue weighted by Gasteiger charge is 2.09. The van der Waals surface area contributed by atoms with Gasteiger partial charge in [-0.2, -0.15) is 0 Å². The monoisotopic (exact) mass is 709 g/mol. The van der Waals surface area contributed by atoms with Crippen molar-refractivity contribution >= 4 is 11.9 Å². The van der Waals surface area contributed by atoms with E-state index in [0.29, 0.717) is 6.42 Å². The fraction of sp³-hybridized carbons (Fsp3) is 0.957. The molecule has 0 aliphatic rings. The van der Waals surface area contributed by atoms with Crippen molar-refractivity contribution in [2.75, 3.05) is 7.11 Å². The lowest BCUT2D eigenvalue weighted by atomic mass is 10.0. The van der Waals surface area contributed by atoms with Crippen molar-refractivity contribution in [1.29, 1.82) is 0 Å². The van der Waals surface area contributed by atoms with Crippen molar-refractivity contribution in [3.05, 3.63) is 0 Å². The van der Waals surface area contributed by atoms with Gasteiger partial charge in [0.1, 0.15) is 0 Å². The van der Waals surface area contributed by atoms with Crippen molar-refractivity contribution in [2.45, 2.75) is 271 Å². The number of rotatable bonds is 40. The number of carbonyl (C=O) groups is 2. The summed E-state index contributed by atoms with van der Waals surface area (Å²) in [6, 6.07) is 0. The molecule has 0 aromatic heterocycles. The summed E-state index contributed by atoms with van der Waals surface area (Å²) in [4.78, 5) is 21.7. The van der Waals surface area contributed by atoms with E-state index in [1.54, 1.807) is 0 Å². The van der Waals surface area contributed by atoms with Gasteiger partial charge in [-0.15, -0.1) is 0 Å². The summed E-state index contributed by atoms with van der Waals surface area (Å²) in [7, 11) is 1.47. The molecule has 0 aromatic carbocycles. The second-order valence-corrected chi connectivity index (χ2v) is 15.7. The Kier molecular flexibility index (Phi) is 46.9. The van der Waals surface area contributed by atoms with E-state index in [0.717, 1.165) is 19.3 Å². The maximum Gasteiger partial charge on any atom is 0.306 e. The molecule has 4 heteroatoms. The normalized spacial score (nSPS) is 11.7. The maximum atomic E-state index is 11.0. The van der Waals surface area contributed by atoms with Gasteiger partial charge in [0.05, 0.1) is 13.0 Å². The van der Waals surface area contributed by atoms with Gasteiger partial charge < -0.3 is 9.84 Å². The Hall–Kier alpha value is -1.06. The average molecular weight is 709 g/mol. The molecule has 0 aromatic rings. The lowest BCUT2D eigenvalue weighted by Gasteiger charge is -2.06. The molecule has 0 rings (SSSR count). The minimum atomic E-state index is -0.646. The molecular formula is C46H92O4. The fourth-order valence-corrected chi connectivity index (χ4v) is 6.93. The van der Waals surface area contributed by atoms with Gasteiger partial charge in [-0.3, -0.25) is 9.59 Å². The topological polar surface area (TPSA) is 63.6 Å². The van der Waals surface area contributed by atoms with Crippen molar-refractivity contribution in [1.82, 2.24) is 0 Å². The molecule has 1 unspecified atom stereocenters. The van der Waals surface area contributed by atoms with Crippen LogP contribution in [0.15, 0.2) is 0 Å². The predicted molar refractivity (Wildman–Crippen MR) is 220 cm³/mol. The first-order valence-electron chi connectivity index (χ1n) is 22.8. The average Bonchev–Trinajstić information content (AvgIpc) is 3.12. The second-order valence-electron chi connectivity index (χ2n) is 15.7. The van der Waals surface area contributed by atoms with Crippen LogP contribution in [0.25, 0.3) is 0 Å². The minimum Gasteiger partial charge on any atom is -0.481 e. The van der Waals surface area contributed by atoms with Gasteiger partial charge in [0.2, 0.25) is 0 Å². The van der Waals surface area contributed by atoms with E-state index in [1.807, 2.05) is 6.92 Å². The summed E-state index contributed by atoms with van der Waals surface area (Å²) in [5.74, 6) is -0.875. The van der Waals surface area contributed by atoms with Gasteiger partial charge in [-0.1, -0.05) is 252 Å². The second kappa shape index (κ2) is 46.0. The van der Waals surface area contributed by atoms with Crippen LogP contribution in [0.1, 0.15) is 271 Å². The van der Waals surface area contributed by atoms with Crippen LogP contribution in [0.4, 0.5) is 0 Å². The van der Waals surface area contributed by atoms with E-state index >= 15 is 0 Å². The molecule has 0 aliphatic carbocycles. The van der Waals surface area contributed by atoms with Crippen LogP contribution in [0, 0.1) is 5.92 Å². The Balaban J connectivity index is 0. The number of esters is 1. The number of hydrogen-bond donors (Lipinski definition) is 1. The molecule has 0 saturated heterocycles. The third-order valence-electron chi connectivity index (χ3n) is 10.6. The molecule has 1 atom stereocenters. The van der Waals surface area contributed by atoms with Crippen LogP contribution >= 0.6 is 0 Å². The molecule has 0 saturated carbocycles. The minimum absolute atomic E-state index is 0.0630. The summed E-state index contributed by atoms with van der Waals surface area (Å²) in [5.41, 5.74) is 0. The highest BCUT2D eigenvalue weighted by atomic mass is 16.5. The highest BCUT2D eigenvalue weighted by molar-refractivity contribution is 5.69. The van der Waals surface area contributed by atoms with E-state index < -0.39 is 5.97 Å². The van der Waals surface area contributed by atoms with Crippen molar-refractivity contribution in [2.24, 2.45) is 5.92 Å². The Bertz CT molecular complexity index is 646. The fourth-order valence-electron chi connectivity index (χ4n) is 6.93. The van der Waals surface area contributed by atoms with Crippen molar-refractivity contribution in [3.8, 4) is 0 Å². The first kappa shape index (κ1) is 51.0. The molecule has 0 fully saturated rings. The molecule has 4 nitrogen and oxygen atoms in total. The Morgan fingerprint density at radius 2 is 0.620 bits per heavy atom. The Morgan fingerprint density at radius 3 is 0.840 bits per heavy atom. The molecule has 0 spiro atoms. The van der Waals surface area contributed by atoms with E-state index in [-0.39, 0.29) is 11.9 Å². The summed E-state index contributed by atoms with van der Waals surface area (Å²) in [5, 5.41) is 8.83.